The monoisotopic (exact) mass is 405 g/mol. The molecule has 0 atom stereocenters. The lowest BCUT2D eigenvalue weighted by atomic mass is 10.1. The summed E-state index contributed by atoms with van der Waals surface area (Å²) in [7, 11) is -2.27. The van der Waals surface area contributed by atoms with Gasteiger partial charge in [-0.25, -0.2) is 13.4 Å². The number of sulfonamides is 1. The summed E-state index contributed by atoms with van der Waals surface area (Å²) in [5.74, 6) is 0.921. The SMILES string of the molecule is CCOc1ccc(S(=O)(=O)Nc2cc3c(nc2OC)CCN(CC)CC3)cc1. The Bertz CT molecular complexity index is 914. The third-order valence-electron chi connectivity index (χ3n) is 4.85. The Balaban J connectivity index is 1.87. The standard InChI is InChI=1S/C20H27N3O4S/c1-4-23-12-10-15-14-19(20(26-3)21-18(15)11-13-23)22-28(24,25)17-8-6-16(7-9-17)27-5-2/h6-9,14,22H,4-5,10-13H2,1-3H3. The molecule has 0 spiro atoms. The minimum atomic E-state index is -3.76. The summed E-state index contributed by atoms with van der Waals surface area (Å²) in [5, 5.41) is 0. The number of rotatable bonds is 7. The number of nitrogens with one attached hydrogen (secondary N) is 1. The molecule has 8 heteroatoms. The first-order valence-corrected chi connectivity index (χ1v) is 11.0. The van der Waals surface area contributed by atoms with Gasteiger partial charge in [0.2, 0.25) is 5.88 Å². The second kappa shape index (κ2) is 8.79. The molecule has 1 aromatic heterocycles. The summed E-state index contributed by atoms with van der Waals surface area (Å²) in [4.78, 5) is 7.10. The van der Waals surface area contributed by atoms with E-state index in [9.17, 15) is 8.42 Å². The number of anilines is 1. The van der Waals surface area contributed by atoms with Crippen molar-refractivity contribution in [2.24, 2.45) is 0 Å². The second-order valence-corrected chi connectivity index (χ2v) is 8.28. The average Bonchev–Trinajstić information content (AvgIpc) is 2.89. The molecule has 3 rings (SSSR count). The van der Waals surface area contributed by atoms with Crippen LogP contribution in [0.4, 0.5) is 5.69 Å². The van der Waals surface area contributed by atoms with Gasteiger partial charge in [-0.2, -0.15) is 0 Å². The first-order chi connectivity index (χ1) is 13.5. The first-order valence-electron chi connectivity index (χ1n) is 9.51. The smallest absolute Gasteiger partial charge is 0.262 e. The predicted octanol–water partition coefficient (Wildman–Crippen LogP) is 2.71. The molecule has 0 aliphatic carbocycles. The zero-order chi connectivity index (χ0) is 20.1. The molecule has 152 valence electrons. The van der Waals surface area contributed by atoms with E-state index in [-0.39, 0.29) is 4.90 Å². The number of hydrogen-bond donors (Lipinski definition) is 1. The summed E-state index contributed by atoms with van der Waals surface area (Å²) >= 11 is 0. The van der Waals surface area contributed by atoms with Gasteiger partial charge in [-0.05, 0) is 55.8 Å². The highest BCUT2D eigenvalue weighted by molar-refractivity contribution is 7.92. The van der Waals surface area contributed by atoms with E-state index in [1.165, 1.54) is 19.2 Å². The highest BCUT2D eigenvalue weighted by Crippen LogP contribution is 2.29. The maximum Gasteiger partial charge on any atom is 0.262 e. The summed E-state index contributed by atoms with van der Waals surface area (Å²) in [5.41, 5.74) is 2.39. The molecule has 1 aromatic carbocycles. The summed E-state index contributed by atoms with van der Waals surface area (Å²) in [6.07, 6.45) is 1.66. The third kappa shape index (κ3) is 4.56. The van der Waals surface area contributed by atoms with E-state index in [1.807, 2.05) is 13.0 Å². The molecule has 0 fully saturated rings. The quantitative estimate of drug-likeness (QED) is 0.763. The minimum Gasteiger partial charge on any atom is -0.494 e. The molecule has 28 heavy (non-hydrogen) atoms. The molecule has 0 saturated heterocycles. The molecule has 0 bridgehead atoms. The van der Waals surface area contributed by atoms with Crippen LogP contribution >= 0.6 is 0 Å². The number of likely N-dealkylation sites (N-methyl/N-ethyl adjacent to an activating group) is 1. The van der Waals surface area contributed by atoms with Crippen molar-refractivity contribution in [2.75, 3.05) is 38.1 Å². The Kier molecular flexibility index (Phi) is 6.41. The van der Waals surface area contributed by atoms with Crippen LogP contribution in [0.25, 0.3) is 0 Å². The van der Waals surface area contributed by atoms with Gasteiger partial charge in [0.1, 0.15) is 11.4 Å². The molecule has 2 heterocycles. The molecule has 1 N–H and O–H groups in total. The number of hydrogen-bond acceptors (Lipinski definition) is 6. The largest absolute Gasteiger partial charge is 0.494 e. The van der Waals surface area contributed by atoms with Crippen molar-refractivity contribution >= 4 is 15.7 Å². The lowest BCUT2D eigenvalue weighted by molar-refractivity contribution is 0.303. The van der Waals surface area contributed by atoms with Crippen LogP contribution in [-0.4, -0.2) is 51.7 Å². The molecule has 1 aliphatic rings. The zero-order valence-corrected chi connectivity index (χ0v) is 17.4. The number of ether oxygens (including phenoxy) is 2. The molecule has 2 aromatic rings. The zero-order valence-electron chi connectivity index (χ0n) is 16.6. The van der Waals surface area contributed by atoms with Gasteiger partial charge in [-0.1, -0.05) is 6.92 Å². The van der Waals surface area contributed by atoms with Gasteiger partial charge in [0.25, 0.3) is 10.0 Å². The van der Waals surface area contributed by atoms with Crippen LogP contribution in [0, 0.1) is 0 Å². The van der Waals surface area contributed by atoms with Gasteiger partial charge in [-0.15, -0.1) is 0 Å². The summed E-state index contributed by atoms with van der Waals surface area (Å²) in [6, 6.07) is 8.19. The van der Waals surface area contributed by atoms with Crippen LogP contribution < -0.4 is 14.2 Å². The van der Waals surface area contributed by atoms with Gasteiger partial charge < -0.3 is 14.4 Å². The number of fused-ring (bicyclic) bond motifs is 1. The number of pyridine rings is 1. The van der Waals surface area contributed by atoms with Crippen LogP contribution in [0.3, 0.4) is 0 Å². The fourth-order valence-electron chi connectivity index (χ4n) is 3.29. The molecular formula is C20H27N3O4S. The van der Waals surface area contributed by atoms with E-state index >= 15 is 0 Å². The molecule has 0 radical (unpaired) electrons. The number of benzene rings is 1. The Hall–Kier alpha value is -2.32. The van der Waals surface area contributed by atoms with Crippen LogP contribution in [-0.2, 0) is 22.9 Å². The maximum atomic E-state index is 12.8. The van der Waals surface area contributed by atoms with E-state index in [0.29, 0.717) is 23.9 Å². The maximum absolute atomic E-state index is 12.8. The highest BCUT2D eigenvalue weighted by Gasteiger charge is 2.21. The van der Waals surface area contributed by atoms with Gasteiger partial charge >= 0.3 is 0 Å². The van der Waals surface area contributed by atoms with Crippen molar-refractivity contribution < 1.29 is 17.9 Å². The third-order valence-corrected chi connectivity index (χ3v) is 6.23. The van der Waals surface area contributed by atoms with E-state index in [2.05, 4.69) is 21.5 Å². The molecular weight excluding hydrogens is 378 g/mol. The molecule has 1 aliphatic heterocycles. The lowest BCUT2D eigenvalue weighted by Crippen LogP contribution is -2.25. The number of aromatic nitrogens is 1. The van der Waals surface area contributed by atoms with E-state index in [4.69, 9.17) is 9.47 Å². The van der Waals surface area contributed by atoms with E-state index in [1.54, 1.807) is 12.1 Å². The van der Waals surface area contributed by atoms with E-state index < -0.39 is 10.0 Å². The first kappa shape index (κ1) is 20.4. The fourth-order valence-corrected chi connectivity index (χ4v) is 4.34. The van der Waals surface area contributed by atoms with Crippen LogP contribution in [0.1, 0.15) is 25.1 Å². The molecule has 0 saturated carbocycles. The van der Waals surface area contributed by atoms with E-state index in [0.717, 1.165) is 43.7 Å². The topological polar surface area (TPSA) is 80.8 Å². The van der Waals surface area contributed by atoms with Crippen LogP contribution in [0.2, 0.25) is 0 Å². The summed E-state index contributed by atoms with van der Waals surface area (Å²) in [6.45, 7) is 7.41. The van der Waals surface area contributed by atoms with Crippen molar-refractivity contribution in [3.63, 3.8) is 0 Å². The normalized spacial score (nSPS) is 14.8. The minimum absolute atomic E-state index is 0.158. The number of methoxy groups -OCH3 is 1. The van der Waals surface area contributed by atoms with Gasteiger partial charge in [-0.3, -0.25) is 4.72 Å². The summed E-state index contributed by atoms with van der Waals surface area (Å²) < 4.78 is 39.0. The van der Waals surface area contributed by atoms with Gasteiger partial charge in [0.15, 0.2) is 0 Å². The molecule has 0 unspecified atom stereocenters. The van der Waals surface area contributed by atoms with Crippen LogP contribution in [0.5, 0.6) is 11.6 Å². The fraction of sp³-hybridized carbons (Fsp3) is 0.450. The van der Waals surface area contributed by atoms with Crippen molar-refractivity contribution in [3.05, 3.63) is 41.6 Å². The lowest BCUT2D eigenvalue weighted by Gasteiger charge is -2.15. The average molecular weight is 406 g/mol. The Morgan fingerprint density at radius 3 is 2.50 bits per heavy atom. The predicted molar refractivity (Wildman–Crippen MR) is 109 cm³/mol. The highest BCUT2D eigenvalue weighted by atomic mass is 32.2. The molecule has 7 nitrogen and oxygen atoms in total. The van der Waals surface area contributed by atoms with Crippen molar-refractivity contribution in [2.45, 2.75) is 31.6 Å². The second-order valence-electron chi connectivity index (χ2n) is 6.60. The van der Waals surface area contributed by atoms with Crippen molar-refractivity contribution in [3.8, 4) is 11.6 Å². The number of nitrogens with zero attached hydrogens (tertiary/aromatic N) is 2. The Morgan fingerprint density at radius 2 is 1.86 bits per heavy atom. The Labute approximate surface area is 166 Å². The van der Waals surface area contributed by atoms with Crippen LogP contribution in [0.15, 0.2) is 35.2 Å². The van der Waals surface area contributed by atoms with Crippen molar-refractivity contribution in [1.29, 1.82) is 0 Å². The van der Waals surface area contributed by atoms with Gasteiger partial charge in [0, 0.05) is 25.2 Å². The van der Waals surface area contributed by atoms with Gasteiger partial charge in [0.05, 0.1) is 18.6 Å². The Morgan fingerprint density at radius 1 is 1.14 bits per heavy atom. The molecule has 0 amide bonds. The van der Waals surface area contributed by atoms with Crippen molar-refractivity contribution in [1.82, 2.24) is 9.88 Å².